The average molecular weight is 285 g/mol. The molecule has 0 aliphatic rings. The highest BCUT2D eigenvalue weighted by molar-refractivity contribution is 5.85. The molecule has 0 aromatic rings. The molecule has 17 heavy (non-hydrogen) atoms. The minimum atomic E-state index is -0.271. The molecule has 0 spiro atoms. The SMILES string of the molecule is C=CCCC(=O)NC(C)(CN)CC(C)C.Cl.Cl. The van der Waals surface area contributed by atoms with Gasteiger partial charge in [-0.2, -0.15) is 0 Å². The van der Waals surface area contributed by atoms with E-state index in [0.717, 1.165) is 6.42 Å². The standard InChI is InChI=1S/C12H24N2O.2ClH/c1-5-6-7-11(15)14-12(4,9-13)8-10(2)3;;/h5,10H,1,6-9,13H2,2-4H3,(H,14,15);2*1H. The molecule has 0 radical (unpaired) electrons. The lowest BCUT2D eigenvalue weighted by Crippen LogP contribution is -2.52. The van der Waals surface area contributed by atoms with Gasteiger partial charge in [0.2, 0.25) is 5.91 Å². The Kier molecular flexibility index (Phi) is 14.1. The number of hydrogen-bond acceptors (Lipinski definition) is 2. The summed E-state index contributed by atoms with van der Waals surface area (Å²) in [5.41, 5.74) is 5.43. The molecule has 1 unspecified atom stereocenters. The Balaban J connectivity index is -0.000000980. The maximum absolute atomic E-state index is 11.5. The summed E-state index contributed by atoms with van der Waals surface area (Å²) >= 11 is 0. The second-order valence-electron chi connectivity index (χ2n) is 4.74. The van der Waals surface area contributed by atoms with Crippen molar-refractivity contribution in [3.05, 3.63) is 12.7 Å². The minimum Gasteiger partial charge on any atom is -0.350 e. The summed E-state index contributed by atoms with van der Waals surface area (Å²) in [4.78, 5) is 11.5. The fourth-order valence-electron chi connectivity index (χ4n) is 1.72. The molecule has 1 amide bonds. The molecule has 0 heterocycles. The smallest absolute Gasteiger partial charge is 0.220 e. The van der Waals surface area contributed by atoms with E-state index >= 15 is 0 Å². The number of carbonyl (C=O) groups is 1. The lowest BCUT2D eigenvalue weighted by Gasteiger charge is -2.31. The molecule has 0 rings (SSSR count). The van der Waals surface area contributed by atoms with Crippen molar-refractivity contribution < 1.29 is 4.79 Å². The summed E-state index contributed by atoms with van der Waals surface area (Å²) in [5.74, 6) is 0.585. The highest BCUT2D eigenvalue weighted by Gasteiger charge is 2.25. The monoisotopic (exact) mass is 284 g/mol. The van der Waals surface area contributed by atoms with Gasteiger partial charge in [0, 0.05) is 18.5 Å². The van der Waals surface area contributed by atoms with Gasteiger partial charge in [0.05, 0.1) is 0 Å². The Labute approximate surface area is 117 Å². The van der Waals surface area contributed by atoms with E-state index in [0.29, 0.717) is 25.3 Å². The van der Waals surface area contributed by atoms with Gasteiger partial charge >= 0.3 is 0 Å². The Morgan fingerprint density at radius 3 is 2.35 bits per heavy atom. The van der Waals surface area contributed by atoms with Crippen LogP contribution in [0.3, 0.4) is 0 Å². The number of amides is 1. The molecule has 0 aliphatic heterocycles. The van der Waals surface area contributed by atoms with Crippen molar-refractivity contribution in [2.45, 2.75) is 45.6 Å². The molecule has 104 valence electrons. The molecular formula is C12H26Cl2N2O. The fourth-order valence-corrected chi connectivity index (χ4v) is 1.72. The Bertz CT molecular complexity index is 223. The molecule has 0 bridgehead atoms. The number of carbonyl (C=O) groups excluding carboxylic acids is 1. The van der Waals surface area contributed by atoms with E-state index in [1.165, 1.54) is 0 Å². The van der Waals surface area contributed by atoms with E-state index in [1.54, 1.807) is 6.08 Å². The van der Waals surface area contributed by atoms with Gasteiger partial charge in [-0.05, 0) is 25.7 Å². The average Bonchev–Trinajstić information content (AvgIpc) is 2.13. The summed E-state index contributed by atoms with van der Waals surface area (Å²) in [5, 5.41) is 3.00. The molecule has 0 aromatic heterocycles. The second kappa shape index (κ2) is 10.9. The summed E-state index contributed by atoms with van der Waals surface area (Å²) < 4.78 is 0. The van der Waals surface area contributed by atoms with Gasteiger partial charge in [0.1, 0.15) is 0 Å². The first-order valence-electron chi connectivity index (χ1n) is 5.55. The van der Waals surface area contributed by atoms with E-state index in [2.05, 4.69) is 25.7 Å². The minimum absolute atomic E-state index is 0. The van der Waals surface area contributed by atoms with Crippen molar-refractivity contribution in [2.24, 2.45) is 11.7 Å². The van der Waals surface area contributed by atoms with Crippen LogP contribution in [-0.2, 0) is 4.79 Å². The quantitative estimate of drug-likeness (QED) is 0.707. The van der Waals surface area contributed by atoms with Crippen LogP contribution in [0.5, 0.6) is 0 Å². The van der Waals surface area contributed by atoms with Crippen LogP contribution in [0.15, 0.2) is 12.7 Å². The number of nitrogens with one attached hydrogen (secondary N) is 1. The van der Waals surface area contributed by atoms with Gasteiger partial charge in [-0.25, -0.2) is 0 Å². The van der Waals surface area contributed by atoms with Crippen molar-refractivity contribution in [1.82, 2.24) is 5.32 Å². The highest BCUT2D eigenvalue weighted by Crippen LogP contribution is 2.15. The summed E-state index contributed by atoms with van der Waals surface area (Å²) in [6, 6.07) is 0. The van der Waals surface area contributed by atoms with E-state index in [-0.39, 0.29) is 36.3 Å². The van der Waals surface area contributed by atoms with Gasteiger partial charge in [-0.15, -0.1) is 31.4 Å². The molecule has 5 heteroatoms. The van der Waals surface area contributed by atoms with Crippen molar-refractivity contribution in [2.75, 3.05) is 6.54 Å². The van der Waals surface area contributed by atoms with E-state index in [1.807, 2.05) is 6.92 Å². The van der Waals surface area contributed by atoms with Gasteiger partial charge in [-0.3, -0.25) is 4.79 Å². The first-order chi connectivity index (χ1) is 6.93. The van der Waals surface area contributed by atoms with Gasteiger partial charge in [-0.1, -0.05) is 19.9 Å². The number of hydrogen-bond donors (Lipinski definition) is 2. The molecule has 0 aromatic carbocycles. The lowest BCUT2D eigenvalue weighted by atomic mass is 9.90. The summed E-state index contributed by atoms with van der Waals surface area (Å²) in [7, 11) is 0. The van der Waals surface area contributed by atoms with Gasteiger partial charge in [0.15, 0.2) is 0 Å². The Morgan fingerprint density at radius 1 is 1.47 bits per heavy atom. The zero-order valence-electron chi connectivity index (χ0n) is 11.0. The molecular weight excluding hydrogens is 259 g/mol. The normalized spacial score (nSPS) is 13.0. The molecule has 0 saturated carbocycles. The zero-order chi connectivity index (χ0) is 11.9. The Hall–Kier alpha value is -0.250. The first kappa shape index (κ1) is 22.0. The highest BCUT2D eigenvalue weighted by atomic mass is 35.5. The third-order valence-corrected chi connectivity index (χ3v) is 2.33. The van der Waals surface area contributed by atoms with Crippen molar-refractivity contribution >= 4 is 30.7 Å². The zero-order valence-corrected chi connectivity index (χ0v) is 12.6. The molecule has 0 saturated heterocycles. The molecule has 1 atom stereocenters. The van der Waals surface area contributed by atoms with Crippen LogP contribution in [0.25, 0.3) is 0 Å². The van der Waals surface area contributed by atoms with Gasteiger partial charge in [0.25, 0.3) is 0 Å². The van der Waals surface area contributed by atoms with Crippen LogP contribution < -0.4 is 11.1 Å². The Morgan fingerprint density at radius 2 is 2.00 bits per heavy atom. The van der Waals surface area contributed by atoms with Gasteiger partial charge < -0.3 is 11.1 Å². The predicted octanol–water partition coefficient (Wildman–Crippen LogP) is 2.68. The van der Waals surface area contributed by atoms with Crippen LogP contribution in [0.1, 0.15) is 40.0 Å². The third kappa shape index (κ3) is 10.6. The maximum atomic E-state index is 11.5. The number of allylic oxidation sites excluding steroid dienone is 1. The van der Waals surface area contributed by atoms with Crippen LogP contribution in [0.2, 0.25) is 0 Å². The van der Waals surface area contributed by atoms with Crippen molar-refractivity contribution in [3.8, 4) is 0 Å². The molecule has 0 fully saturated rings. The lowest BCUT2D eigenvalue weighted by molar-refractivity contribution is -0.122. The summed E-state index contributed by atoms with van der Waals surface area (Å²) in [6.45, 7) is 10.3. The van der Waals surface area contributed by atoms with Crippen molar-refractivity contribution in [1.29, 1.82) is 0 Å². The largest absolute Gasteiger partial charge is 0.350 e. The molecule has 3 nitrogen and oxygen atoms in total. The van der Waals surface area contributed by atoms with E-state index in [9.17, 15) is 4.79 Å². The van der Waals surface area contributed by atoms with E-state index < -0.39 is 0 Å². The van der Waals surface area contributed by atoms with Crippen LogP contribution in [-0.4, -0.2) is 18.0 Å². The van der Waals surface area contributed by atoms with E-state index in [4.69, 9.17) is 5.73 Å². The topological polar surface area (TPSA) is 55.1 Å². The molecule has 0 aliphatic carbocycles. The van der Waals surface area contributed by atoms with Crippen LogP contribution in [0, 0.1) is 5.92 Å². The van der Waals surface area contributed by atoms with Crippen LogP contribution in [0.4, 0.5) is 0 Å². The van der Waals surface area contributed by atoms with Crippen LogP contribution >= 0.6 is 24.8 Å². The summed E-state index contributed by atoms with van der Waals surface area (Å²) in [6.07, 6.45) is 3.87. The predicted molar refractivity (Wildman–Crippen MR) is 79.0 cm³/mol. The molecule has 3 N–H and O–H groups in total. The number of halogens is 2. The third-order valence-electron chi connectivity index (χ3n) is 2.33. The number of rotatable bonds is 7. The van der Waals surface area contributed by atoms with Crippen molar-refractivity contribution in [3.63, 3.8) is 0 Å². The number of nitrogens with two attached hydrogens (primary N) is 1. The second-order valence-corrected chi connectivity index (χ2v) is 4.74. The maximum Gasteiger partial charge on any atom is 0.220 e. The fraction of sp³-hybridized carbons (Fsp3) is 0.750. The first-order valence-corrected chi connectivity index (χ1v) is 5.55.